The van der Waals surface area contributed by atoms with Gasteiger partial charge >= 0.3 is 0 Å². The zero-order valence-electron chi connectivity index (χ0n) is 13.2. The summed E-state index contributed by atoms with van der Waals surface area (Å²) in [5.41, 5.74) is 1.38. The number of hydrogen-bond acceptors (Lipinski definition) is 4. The molecule has 0 radical (unpaired) electrons. The predicted octanol–water partition coefficient (Wildman–Crippen LogP) is 2.90. The Hall–Kier alpha value is -2.64. The van der Waals surface area contributed by atoms with E-state index in [1.165, 1.54) is 22.9 Å². The molecule has 1 N–H and O–H groups in total. The minimum Gasteiger partial charge on any atom is -0.280 e. The molecule has 1 aromatic heterocycles. The number of nitrogens with zero attached hydrogens (tertiary/aromatic N) is 2. The van der Waals surface area contributed by atoms with Gasteiger partial charge in [-0.15, -0.1) is 0 Å². The van der Waals surface area contributed by atoms with Gasteiger partial charge in [0.05, 0.1) is 10.7 Å². The molecule has 0 fully saturated rings. The third-order valence-electron chi connectivity index (χ3n) is 3.50. The first-order chi connectivity index (χ1) is 11.9. The van der Waals surface area contributed by atoms with Gasteiger partial charge in [-0.3, -0.25) is 9.52 Å². The summed E-state index contributed by atoms with van der Waals surface area (Å²) in [5.74, 6) is 0. The molecule has 6 nitrogen and oxygen atoms in total. The lowest BCUT2D eigenvalue weighted by Crippen LogP contribution is -2.18. The lowest BCUT2D eigenvalue weighted by molar-refractivity contribution is 0.601. The number of aromatic nitrogens is 2. The van der Waals surface area contributed by atoms with Crippen LogP contribution < -0.4 is 10.3 Å². The summed E-state index contributed by atoms with van der Waals surface area (Å²) >= 11 is 5.97. The van der Waals surface area contributed by atoms with E-state index >= 15 is 0 Å². The molecule has 128 valence electrons. The summed E-state index contributed by atoms with van der Waals surface area (Å²) in [7, 11) is -2.26. The van der Waals surface area contributed by atoms with Gasteiger partial charge in [0.25, 0.3) is 15.6 Å². The number of aryl methyl sites for hydroxylation is 1. The highest BCUT2D eigenvalue weighted by atomic mass is 35.5. The van der Waals surface area contributed by atoms with Gasteiger partial charge in [0.2, 0.25) is 0 Å². The van der Waals surface area contributed by atoms with Crippen LogP contribution in [0.2, 0.25) is 5.02 Å². The Kier molecular flexibility index (Phi) is 4.61. The molecule has 25 heavy (non-hydrogen) atoms. The summed E-state index contributed by atoms with van der Waals surface area (Å²) in [6, 6.07) is 15.9. The van der Waals surface area contributed by atoms with Crippen molar-refractivity contribution in [2.24, 2.45) is 7.05 Å². The molecule has 0 unspecified atom stereocenters. The molecule has 8 heteroatoms. The van der Waals surface area contributed by atoms with E-state index in [0.717, 1.165) is 0 Å². The van der Waals surface area contributed by atoms with Crippen molar-refractivity contribution >= 4 is 27.3 Å². The summed E-state index contributed by atoms with van der Waals surface area (Å²) in [6.45, 7) is 0. The van der Waals surface area contributed by atoms with Crippen molar-refractivity contribution in [3.63, 3.8) is 0 Å². The van der Waals surface area contributed by atoms with Crippen molar-refractivity contribution in [3.8, 4) is 11.3 Å². The molecule has 0 aliphatic carbocycles. The molecule has 0 aliphatic rings. The highest BCUT2D eigenvalue weighted by Gasteiger charge is 2.17. The molecule has 0 aliphatic heterocycles. The summed E-state index contributed by atoms with van der Waals surface area (Å²) in [6.07, 6.45) is 0. The SMILES string of the molecule is Cn1nc(-c2cccc(NS(=O)(=O)c3ccccc3Cl)c2)ccc1=O. The fraction of sp³-hybridized carbons (Fsp3) is 0.0588. The van der Waals surface area contributed by atoms with E-state index in [9.17, 15) is 13.2 Å². The van der Waals surface area contributed by atoms with Gasteiger partial charge in [-0.25, -0.2) is 13.1 Å². The fourth-order valence-corrected chi connectivity index (χ4v) is 3.84. The van der Waals surface area contributed by atoms with Crippen molar-refractivity contribution < 1.29 is 8.42 Å². The average molecular weight is 376 g/mol. The van der Waals surface area contributed by atoms with Gasteiger partial charge in [0.15, 0.2) is 0 Å². The van der Waals surface area contributed by atoms with Crippen LogP contribution in [0, 0.1) is 0 Å². The molecule has 0 bridgehead atoms. The van der Waals surface area contributed by atoms with Crippen molar-refractivity contribution in [1.82, 2.24) is 9.78 Å². The molecule has 0 atom stereocenters. The average Bonchev–Trinajstić information content (AvgIpc) is 2.57. The Balaban J connectivity index is 1.96. The van der Waals surface area contributed by atoms with E-state index in [1.54, 1.807) is 49.5 Å². The van der Waals surface area contributed by atoms with Crippen LogP contribution in [0.25, 0.3) is 11.3 Å². The Bertz CT molecular complexity index is 1090. The molecule has 0 amide bonds. The molecule has 0 saturated carbocycles. The van der Waals surface area contributed by atoms with E-state index < -0.39 is 10.0 Å². The predicted molar refractivity (Wildman–Crippen MR) is 97.2 cm³/mol. The molecule has 1 heterocycles. The number of nitrogens with one attached hydrogen (secondary N) is 1. The van der Waals surface area contributed by atoms with E-state index in [2.05, 4.69) is 9.82 Å². The van der Waals surface area contributed by atoms with Crippen LogP contribution in [0.4, 0.5) is 5.69 Å². The third kappa shape index (κ3) is 3.72. The van der Waals surface area contributed by atoms with Gasteiger partial charge in [-0.2, -0.15) is 5.10 Å². The monoisotopic (exact) mass is 375 g/mol. The summed E-state index contributed by atoms with van der Waals surface area (Å²) < 4.78 is 28.7. The Morgan fingerprint density at radius 1 is 1.04 bits per heavy atom. The van der Waals surface area contributed by atoms with Crippen molar-refractivity contribution in [2.45, 2.75) is 4.90 Å². The molecular formula is C17H14ClN3O3S. The lowest BCUT2D eigenvalue weighted by atomic mass is 10.1. The first-order valence-corrected chi connectivity index (χ1v) is 9.15. The van der Waals surface area contributed by atoms with Gasteiger partial charge < -0.3 is 0 Å². The number of hydrogen-bond donors (Lipinski definition) is 1. The molecule has 0 saturated heterocycles. The maximum absolute atomic E-state index is 12.5. The second-order valence-corrected chi connectivity index (χ2v) is 7.36. The van der Waals surface area contributed by atoms with Crippen LogP contribution in [0.1, 0.15) is 0 Å². The van der Waals surface area contributed by atoms with Gasteiger partial charge in [0, 0.05) is 24.4 Å². The Morgan fingerprint density at radius 3 is 2.52 bits per heavy atom. The smallest absolute Gasteiger partial charge is 0.266 e. The summed E-state index contributed by atoms with van der Waals surface area (Å²) in [4.78, 5) is 11.4. The minimum atomic E-state index is -3.82. The van der Waals surface area contributed by atoms with Crippen LogP contribution in [-0.4, -0.2) is 18.2 Å². The van der Waals surface area contributed by atoms with Crippen LogP contribution in [0.3, 0.4) is 0 Å². The third-order valence-corrected chi connectivity index (χ3v) is 5.38. The number of benzene rings is 2. The minimum absolute atomic E-state index is 0.00213. The van der Waals surface area contributed by atoms with E-state index in [1.807, 2.05) is 0 Å². The lowest BCUT2D eigenvalue weighted by Gasteiger charge is -2.10. The van der Waals surface area contributed by atoms with Crippen LogP contribution in [0.5, 0.6) is 0 Å². The second kappa shape index (κ2) is 6.70. The largest absolute Gasteiger partial charge is 0.280 e. The molecule has 0 spiro atoms. The molecule has 3 rings (SSSR count). The van der Waals surface area contributed by atoms with Crippen LogP contribution in [0.15, 0.2) is 70.4 Å². The van der Waals surface area contributed by atoms with E-state index in [4.69, 9.17) is 11.6 Å². The maximum atomic E-state index is 12.5. The molecule has 2 aromatic carbocycles. The van der Waals surface area contributed by atoms with Crippen LogP contribution >= 0.6 is 11.6 Å². The standard InChI is InChI=1S/C17H14ClN3O3S/c1-21-17(22)10-9-15(19-21)12-5-4-6-13(11-12)20-25(23,24)16-8-3-2-7-14(16)18/h2-11,20H,1H3. The van der Waals surface area contributed by atoms with Crippen LogP contribution in [-0.2, 0) is 17.1 Å². The quantitative estimate of drug-likeness (QED) is 0.760. The number of anilines is 1. The zero-order chi connectivity index (χ0) is 18.0. The Labute approximate surface area is 149 Å². The zero-order valence-corrected chi connectivity index (χ0v) is 14.8. The topological polar surface area (TPSA) is 81.1 Å². The van der Waals surface area contributed by atoms with Gasteiger partial charge in [-0.1, -0.05) is 35.9 Å². The molecule has 3 aromatic rings. The Morgan fingerprint density at radius 2 is 1.80 bits per heavy atom. The number of halogens is 1. The van der Waals surface area contributed by atoms with E-state index in [-0.39, 0.29) is 15.5 Å². The first kappa shape index (κ1) is 17.2. The fourth-order valence-electron chi connectivity index (χ4n) is 2.27. The van der Waals surface area contributed by atoms with Crippen molar-refractivity contribution in [2.75, 3.05) is 4.72 Å². The summed E-state index contributed by atoms with van der Waals surface area (Å²) in [5, 5.41) is 4.30. The number of sulfonamides is 1. The van der Waals surface area contributed by atoms with Crippen molar-refractivity contribution in [1.29, 1.82) is 0 Å². The highest BCUT2D eigenvalue weighted by molar-refractivity contribution is 7.92. The normalized spacial score (nSPS) is 11.3. The van der Waals surface area contributed by atoms with E-state index in [0.29, 0.717) is 16.9 Å². The van der Waals surface area contributed by atoms with Gasteiger partial charge in [-0.05, 0) is 30.3 Å². The first-order valence-electron chi connectivity index (χ1n) is 7.29. The number of rotatable bonds is 4. The highest BCUT2D eigenvalue weighted by Crippen LogP contribution is 2.25. The second-order valence-electron chi connectivity index (χ2n) is 5.30. The van der Waals surface area contributed by atoms with Crippen molar-refractivity contribution in [3.05, 3.63) is 76.0 Å². The van der Waals surface area contributed by atoms with Gasteiger partial charge in [0.1, 0.15) is 4.90 Å². The maximum Gasteiger partial charge on any atom is 0.266 e. The molecular weight excluding hydrogens is 362 g/mol.